The number of hydrazone groups is 1. The number of esters is 1. The van der Waals surface area contributed by atoms with Gasteiger partial charge in [0.1, 0.15) is 5.76 Å². The molecule has 1 aromatic heterocycles. The molecule has 1 amide bonds. The highest BCUT2D eigenvalue weighted by atomic mass is 16.6. The Morgan fingerprint density at radius 3 is 2.74 bits per heavy atom. The van der Waals surface area contributed by atoms with Gasteiger partial charge in [-0.3, -0.25) is 0 Å². The zero-order valence-electron chi connectivity index (χ0n) is 13.7. The summed E-state index contributed by atoms with van der Waals surface area (Å²) in [6.45, 7) is 6.09. The van der Waals surface area contributed by atoms with E-state index in [1.165, 1.54) is 0 Å². The summed E-state index contributed by atoms with van der Waals surface area (Å²) in [5.41, 5.74) is 4.54. The second-order valence-corrected chi connectivity index (χ2v) is 5.23. The standard InChI is InChI=1S/C16H22N2O5/c1-4-9-22-15(19)14-10(3)13-11(7-6-8-12(13)23-14)17-18-16(20)21-5-2/h4-9H2,1-3H3,(H,18,20)/b17-11+. The van der Waals surface area contributed by atoms with E-state index in [1.807, 2.05) is 6.92 Å². The van der Waals surface area contributed by atoms with Gasteiger partial charge in [-0.1, -0.05) is 6.92 Å². The van der Waals surface area contributed by atoms with Crippen LogP contribution < -0.4 is 5.43 Å². The maximum absolute atomic E-state index is 12.1. The largest absolute Gasteiger partial charge is 0.460 e. The maximum atomic E-state index is 12.1. The fourth-order valence-corrected chi connectivity index (χ4v) is 2.51. The number of hydrogen-bond donors (Lipinski definition) is 1. The molecule has 1 aromatic rings. The van der Waals surface area contributed by atoms with E-state index in [0.717, 1.165) is 24.8 Å². The highest BCUT2D eigenvalue weighted by Crippen LogP contribution is 2.30. The number of ether oxygens (including phenoxy) is 2. The second-order valence-electron chi connectivity index (χ2n) is 5.23. The smallest absolute Gasteiger partial charge is 0.427 e. The maximum Gasteiger partial charge on any atom is 0.427 e. The third-order valence-corrected chi connectivity index (χ3v) is 3.51. The van der Waals surface area contributed by atoms with Crippen LogP contribution in [-0.2, 0) is 15.9 Å². The number of carbonyl (C=O) groups excluding carboxylic acids is 2. The first-order valence-corrected chi connectivity index (χ1v) is 7.87. The predicted molar refractivity (Wildman–Crippen MR) is 83.7 cm³/mol. The molecule has 2 rings (SSSR count). The Labute approximate surface area is 135 Å². The summed E-state index contributed by atoms with van der Waals surface area (Å²) in [4.78, 5) is 23.4. The number of hydrogen-bond acceptors (Lipinski definition) is 6. The third kappa shape index (κ3) is 3.91. The molecule has 0 saturated carbocycles. The molecule has 1 aliphatic carbocycles. The van der Waals surface area contributed by atoms with E-state index in [0.29, 0.717) is 30.1 Å². The lowest BCUT2D eigenvalue weighted by Gasteiger charge is -2.13. The molecule has 23 heavy (non-hydrogen) atoms. The van der Waals surface area contributed by atoms with Crippen molar-refractivity contribution in [3.8, 4) is 0 Å². The Bertz CT molecular complexity index is 618. The number of furan rings is 1. The Morgan fingerprint density at radius 1 is 1.26 bits per heavy atom. The molecule has 0 aliphatic heterocycles. The van der Waals surface area contributed by atoms with Crippen LogP contribution in [-0.4, -0.2) is 31.0 Å². The molecule has 1 aliphatic rings. The minimum atomic E-state index is -0.601. The lowest BCUT2D eigenvalue weighted by Crippen LogP contribution is -2.22. The average Bonchev–Trinajstić information content (AvgIpc) is 2.88. The van der Waals surface area contributed by atoms with Crippen LogP contribution in [0.5, 0.6) is 0 Å². The first-order chi connectivity index (χ1) is 11.1. The Kier molecular flexibility index (Phi) is 5.78. The van der Waals surface area contributed by atoms with Crippen molar-refractivity contribution < 1.29 is 23.5 Å². The van der Waals surface area contributed by atoms with Crippen molar-refractivity contribution in [3.63, 3.8) is 0 Å². The van der Waals surface area contributed by atoms with Crippen molar-refractivity contribution in [2.75, 3.05) is 13.2 Å². The summed E-state index contributed by atoms with van der Waals surface area (Å²) in [6, 6.07) is 0. The van der Waals surface area contributed by atoms with Crippen LogP contribution in [0.2, 0.25) is 0 Å². The van der Waals surface area contributed by atoms with E-state index in [-0.39, 0.29) is 12.4 Å². The van der Waals surface area contributed by atoms with Crippen LogP contribution in [0.4, 0.5) is 4.79 Å². The van der Waals surface area contributed by atoms with E-state index in [1.54, 1.807) is 13.8 Å². The molecule has 1 N–H and O–H groups in total. The molecule has 126 valence electrons. The molecule has 1 heterocycles. The van der Waals surface area contributed by atoms with E-state index in [2.05, 4.69) is 10.5 Å². The van der Waals surface area contributed by atoms with Crippen molar-refractivity contribution in [1.29, 1.82) is 0 Å². The van der Waals surface area contributed by atoms with E-state index < -0.39 is 12.1 Å². The van der Waals surface area contributed by atoms with Crippen molar-refractivity contribution in [2.45, 2.75) is 46.5 Å². The number of rotatable bonds is 5. The number of fused-ring (bicyclic) bond motifs is 1. The minimum absolute atomic E-state index is 0.217. The van der Waals surface area contributed by atoms with Crippen LogP contribution in [0, 0.1) is 6.92 Å². The van der Waals surface area contributed by atoms with Crippen molar-refractivity contribution in [1.82, 2.24) is 5.43 Å². The molecule has 0 unspecified atom stereocenters. The van der Waals surface area contributed by atoms with Crippen LogP contribution in [0.25, 0.3) is 0 Å². The number of nitrogens with zero attached hydrogens (tertiary/aromatic N) is 1. The topological polar surface area (TPSA) is 90.1 Å². The van der Waals surface area contributed by atoms with Gasteiger partial charge in [0.25, 0.3) is 0 Å². The van der Waals surface area contributed by atoms with Crippen LogP contribution >= 0.6 is 0 Å². The van der Waals surface area contributed by atoms with E-state index >= 15 is 0 Å². The molecule has 0 atom stereocenters. The first-order valence-electron chi connectivity index (χ1n) is 7.87. The Balaban J connectivity index is 2.24. The number of amides is 1. The van der Waals surface area contributed by atoms with E-state index in [4.69, 9.17) is 13.9 Å². The predicted octanol–water partition coefficient (Wildman–Crippen LogP) is 2.94. The third-order valence-electron chi connectivity index (χ3n) is 3.51. The molecule has 0 spiro atoms. The number of carbonyl (C=O) groups is 2. The molecule has 0 saturated heterocycles. The lowest BCUT2D eigenvalue weighted by atomic mass is 9.93. The Morgan fingerprint density at radius 2 is 2.04 bits per heavy atom. The van der Waals surface area contributed by atoms with Crippen LogP contribution in [0.15, 0.2) is 9.52 Å². The number of aryl methyl sites for hydroxylation is 1. The number of nitrogens with one attached hydrogen (secondary N) is 1. The van der Waals surface area contributed by atoms with Crippen LogP contribution in [0.3, 0.4) is 0 Å². The van der Waals surface area contributed by atoms with Crippen LogP contribution in [0.1, 0.15) is 60.6 Å². The first kappa shape index (κ1) is 17.1. The van der Waals surface area contributed by atoms with Crippen molar-refractivity contribution >= 4 is 17.8 Å². The van der Waals surface area contributed by atoms with Gasteiger partial charge in [0.2, 0.25) is 5.76 Å². The normalized spacial score (nSPS) is 15.2. The molecule has 7 heteroatoms. The summed E-state index contributed by atoms with van der Waals surface area (Å²) in [5.74, 6) is 0.465. The Hall–Kier alpha value is -2.31. The van der Waals surface area contributed by atoms with Gasteiger partial charge in [0, 0.05) is 17.5 Å². The summed E-state index contributed by atoms with van der Waals surface area (Å²) >= 11 is 0. The highest BCUT2D eigenvalue weighted by Gasteiger charge is 2.28. The summed E-state index contributed by atoms with van der Waals surface area (Å²) in [7, 11) is 0. The SMILES string of the molecule is CCCOC(=O)c1oc2c(c1C)/C(=N/NC(=O)OCC)CCC2. The molecule has 0 fully saturated rings. The zero-order valence-corrected chi connectivity index (χ0v) is 13.7. The second kappa shape index (κ2) is 7.80. The van der Waals surface area contributed by atoms with Gasteiger partial charge >= 0.3 is 12.1 Å². The molecule has 0 aromatic carbocycles. The molecule has 0 radical (unpaired) electrons. The zero-order chi connectivity index (χ0) is 16.8. The quantitative estimate of drug-likeness (QED) is 0.665. The molecular formula is C16H22N2O5. The summed E-state index contributed by atoms with van der Waals surface area (Å²) < 4.78 is 15.6. The van der Waals surface area contributed by atoms with Gasteiger partial charge in [0.05, 0.1) is 18.9 Å². The van der Waals surface area contributed by atoms with Crippen molar-refractivity contribution in [2.24, 2.45) is 5.10 Å². The lowest BCUT2D eigenvalue weighted by molar-refractivity contribution is 0.0465. The highest BCUT2D eigenvalue weighted by molar-refractivity contribution is 6.06. The van der Waals surface area contributed by atoms with Gasteiger partial charge in [-0.15, -0.1) is 0 Å². The van der Waals surface area contributed by atoms with Gasteiger partial charge in [0.15, 0.2) is 0 Å². The molecule has 7 nitrogen and oxygen atoms in total. The summed E-state index contributed by atoms with van der Waals surface area (Å²) in [5, 5.41) is 4.12. The molecular weight excluding hydrogens is 300 g/mol. The fraction of sp³-hybridized carbons (Fsp3) is 0.562. The van der Waals surface area contributed by atoms with Gasteiger partial charge in [-0.25, -0.2) is 15.0 Å². The minimum Gasteiger partial charge on any atom is -0.460 e. The monoisotopic (exact) mass is 322 g/mol. The average molecular weight is 322 g/mol. The van der Waals surface area contributed by atoms with E-state index in [9.17, 15) is 9.59 Å². The van der Waals surface area contributed by atoms with Gasteiger partial charge < -0.3 is 13.9 Å². The summed E-state index contributed by atoms with van der Waals surface area (Å²) in [6.07, 6.45) is 2.42. The van der Waals surface area contributed by atoms with Crippen molar-refractivity contribution in [3.05, 3.63) is 22.6 Å². The fourth-order valence-electron chi connectivity index (χ4n) is 2.51. The molecule has 0 bridgehead atoms. The van der Waals surface area contributed by atoms with Gasteiger partial charge in [-0.05, 0) is 33.1 Å². The van der Waals surface area contributed by atoms with Gasteiger partial charge in [-0.2, -0.15) is 5.10 Å².